The lowest BCUT2D eigenvalue weighted by Gasteiger charge is -2.24. The Labute approximate surface area is 110 Å². The molecule has 1 aliphatic rings. The molecular formula is C14H14N2O3. The van der Waals surface area contributed by atoms with Crippen LogP contribution in [0.4, 0.5) is 0 Å². The van der Waals surface area contributed by atoms with Crippen molar-refractivity contribution >= 4 is 5.78 Å². The van der Waals surface area contributed by atoms with Crippen LogP contribution in [0.5, 0.6) is 11.5 Å². The molecule has 0 spiro atoms. The summed E-state index contributed by atoms with van der Waals surface area (Å²) in [5.74, 6) is 1.33. The van der Waals surface area contributed by atoms with Crippen molar-refractivity contribution in [2.24, 2.45) is 7.05 Å². The Morgan fingerprint density at radius 2 is 2.32 bits per heavy atom. The van der Waals surface area contributed by atoms with Crippen LogP contribution in [-0.2, 0) is 7.05 Å². The summed E-state index contributed by atoms with van der Waals surface area (Å²) < 4.78 is 12.7. The smallest absolute Gasteiger partial charge is 0.170 e. The number of fused-ring (bicyclic) bond motifs is 1. The van der Waals surface area contributed by atoms with Crippen molar-refractivity contribution in [2.75, 3.05) is 7.11 Å². The summed E-state index contributed by atoms with van der Waals surface area (Å²) in [6.45, 7) is 0. The summed E-state index contributed by atoms with van der Waals surface area (Å²) in [5.41, 5.74) is 1.50. The molecule has 2 aromatic rings. The van der Waals surface area contributed by atoms with Gasteiger partial charge in [-0.2, -0.15) is 5.10 Å². The normalized spacial score (nSPS) is 17.8. The van der Waals surface area contributed by atoms with E-state index in [0.717, 1.165) is 5.56 Å². The third-order valence-corrected chi connectivity index (χ3v) is 3.22. The Morgan fingerprint density at radius 3 is 3.00 bits per heavy atom. The number of hydrogen-bond acceptors (Lipinski definition) is 4. The molecule has 2 heterocycles. The fourth-order valence-corrected chi connectivity index (χ4v) is 2.22. The van der Waals surface area contributed by atoms with Gasteiger partial charge in [0.15, 0.2) is 5.78 Å². The number of rotatable bonds is 2. The van der Waals surface area contributed by atoms with Crippen LogP contribution >= 0.6 is 0 Å². The quantitative estimate of drug-likeness (QED) is 0.828. The maximum absolute atomic E-state index is 12.2. The second-order valence-electron chi connectivity index (χ2n) is 4.54. The molecule has 0 N–H and O–H groups in total. The molecule has 98 valence electrons. The molecule has 5 nitrogen and oxygen atoms in total. The van der Waals surface area contributed by atoms with Crippen molar-refractivity contribution < 1.29 is 14.3 Å². The van der Waals surface area contributed by atoms with E-state index in [4.69, 9.17) is 9.47 Å². The van der Waals surface area contributed by atoms with Gasteiger partial charge in [0.05, 0.1) is 25.3 Å². The second-order valence-corrected chi connectivity index (χ2v) is 4.54. The lowest BCUT2D eigenvalue weighted by molar-refractivity contribution is 0.0849. The summed E-state index contributed by atoms with van der Waals surface area (Å²) in [4.78, 5) is 12.2. The molecule has 0 saturated heterocycles. The van der Waals surface area contributed by atoms with E-state index in [1.807, 2.05) is 13.2 Å². The second kappa shape index (κ2) is 4.42. The Kier molecular flexibility index (Phi) is 2.74. The highest BCUT2D eigenvalue weighted by Gasteiger charge is 2.28. The summed E-state index contributed by atoms with van der Waals surface area (Å²) in [6, 6.07) is 5.28. The standard InChI is InChI=1S/C14H14N2O3/c1-16-8-9(7-15-16)14-6-12(17)11-5-10(18-2)3-4-13(11)19-14/h3-5,7-8,14H,6H2,1-2H3. The number of nitrogens with zero attached hydrogens (tertiary/aromatic N) is 2. The topological polar surface area (TPSA) is 53.3 Å². The highest BCUT2D eigenvalue weighted by molar-refractivity contribution is 6.00. The van der Waals surface area contributed by atoms with Crippen molar-refractivity contribution in [2.45, 2.75) is 12.5 Å². The van der Waals surface area contributed by atoms with Crippen LogP contribution in [0.3, 0.4) is 0 Å². The molecule has 0 saturated carbocycles. The van der Waals surface area contributed by atoms with Crippen LogP contribution in [0, 0.1) is 0 Å². The molecule has 19 heavy (non-hydrogen) atoms. The first-order valence-electron chi connectivity index (χ1n) is 6.04. The van der Waals surface area contributed by atoms with Gasteiger partial charge in [0, 0.05) is 18.8 Å². The molecule has 3 rings (SSSR count). The van der Waals surface area contributed by atoms with E-state index >= 15 is 0 Å². The van der Waals surface area contributed by atoms with E-state index in [1.54, 1.807) is 36.2 Å². The molecule has 5 heteroatoms. The van der Waals surface area contributed by atoms with Crippen molar-refractivity contribution in [1.29, 1.82) is 0 Å². The zero-order valence-electron chi connectivity index (χ0n) is 10.8. The molecule has 1 aliphatic heterocycles. The van der Waals surface area contributed by atoms with Crippen molar-refractivity contribution in [3.8, 4) is 11.5 Å². The van der Waals surface area contributed by atoms with E-state index in [0.29, 0.717) is 23.5 Å². The van der Waals surface area contributed by atoms with E-state index in [2.05, 4.69) is 5.10 Å². The highest BCUT2D eigenvalue weighted by atomic mass is 16.5. The van der Waals surface area contributed by atoms with Gasteiger partial charge in [-0.05, 0) is 18.2 Å². The molecule has 1 aromatic carbocycles. The third-order valence-electron chi connectivity index (χ3n) is 3.22. The van der Waals surface area contributed by atoms with Crippen LogP contribution < -0.4 is 9.47 Å². The molecule has 0 fully saturated rings. The molecular weight excluding hydrogens is 244 g/mol. The fraction of sp³-hybridized carbons (Fsp3) is 0.286. The predicted molar refractivity (Wildman–Crippen MR) is 68.5 cm³/mol. The SMILES string of the molecule is COc1ccc2c(c1)C(=O)CC(c1cnn(C)c1)O2. The van der Waals surface area contributed by atoms with Gasteiger partial charge in [-0.25, -0.2) is 0 Å². The van der Waals surface area contributed by atoms with Crippen molar-refractivity contribution in [1.82, 2.24) is 9.78 Å². The first-order chi connectivity index (χ1) is 9.17. The van der Waals surface area contributed by atoms with E-state index in [1.165, 1.54) is 0 Å². The van der Waals surface area contributed by atoms with Crippen molar-refractivity contribution in [3.63, 3.8) is 0 Å². The Bertz CT molecular complexity index is 633. The first kappa shape index (κ1) is 11.8. The third kappa shape index (κ3) is 2.07. The number of carbonyl (C=O) groups excluding carboxylic acids is 1. The average molecular weight is 258 g/mol. The van der Waals surface area contributed by atoms with Gasteiger partial charge in [0.25, 0.3) is 0 Å². The van der Waals surface area contributed by atoms with Crippen LogP contribution in [0.15, 0.2) is 30.6 Å². The highest BCUT2D eigenvalue weighted by Crippen LogP contribution is 2.36. The van der Waals surface area contributed by atoms with E-state index < -0.39 is 0 Å². The Hall–Kier alpha value is -2.30. The number of carbonyl (C=O) groups is 1. The molecule has 1 aromatic heterocycles. The van der Waals surface area contributed by atoms with Crippen LogP contribution in [0.2, 0.25) is 0 Å². The monoisotopic (exact) mass is 258 g/mol. The zero-order valence-corrected chi connectivity index (χ0v) is 10.8. The molecule has 1 atom stereocenters. The summed E-state index contributed by atoms with van der Waals surface area (Å²) in [7, 11) is 3.42. The summed E-state index contributed by atoms with van der Waals surface area (Å²) in [5, 5.41) is 4.11. The fourth-order valence-electron chi connectivity index (χ4n) is 2.22. The number of methoxy groups -OCH3 is 1. The van der Waals surface area contributed by atoms with Gasteiger partial charge in [0.1, 0.15) is 17.6 Å². The number of ketones is 1. The van der Waals surface area contributed by atoms with Crippen LogP contribution in [0.1, 0.15) is 28.4 Å². The first-order valence-corrected chi connectivity index (χ1v) is 6.04. The van der Waals surface area contributed by atoms with Gasteiger partial charge in [-0.1, -0.05) is 0 Å². The lowest BCUT2D eigenvalue weighted by Crippen LogP contribution is -2.20. The molecule has 0 radical (unpaired) electrons. The number of aromatic nitrogens is 2. The molecule has 0 bridgehead atoms. The molecule has 0 aliphatic carbocycles. The van der Waals surface area contributed by atoms with Crippen LogP contribution in [-0.4, -0.2) is 22.7 Å². The van der Waals surface area contributed by atoms with Gasteiger partial charge in [-0.15, -0.1) is 0 Å². The maximum Gasteiger partial charge on any atom is 0.170 e. The minimum atomic E-state index is -0.262. The number of aryl methyl sites for hydroxylation is 1. The maximum atomic E-state index is 12.2. The van der Waals surface area contributed by atoms with Crippen molar-refractivity contribution in [3.05, 3.63) is 41.7 Å². The number of benzene rings is 1. The average Bonchev–Trinajstić information content (AvgIpc) is 2.85. The minimum Gasteiger partial charge on any atom is -0.497 e. The zero-order chi connectivity index (χ0) is 13.4. The number of hydrogen-bond donors (Lipinski definition) is 0. The van der Waals surface area contributed by atoms with Gasteiger partial charge >= 0.3 is 0 Å². The number of ether oxygens (including phenoxy) is 2. The van der Waals surface area contributed by atoms with E-state index in [9.17, 15) is 4.79 Å². The largest absolute Gasteiger partial charge is 0.497 e. The number of Topliss-reactive ketones (excluding diaryl/α,β-unsaturated/α-hetero) is 1. The van der Waals surface area contributed by atoms with Gasteiger partial charge in [-0.3, -0.25) is 9.48 Å². The lowest BCUT2D eigenvalue weighted by atomic mass is 9.98. The van der Waals surface area contributed by atoms with Gasteiger partial charge in [0.2, 0.25) is 0 Å². The summed E-state index contributed by atoms with van der Waals surface area (Å²) >= 11 is 0. The van der Waals surface area contributed by atoms with Crippen LogP contribution in [0.25, 0.3) is 0 Å². The van der Waals surface area contributed by atoms with Gasteiger partial charge < -0.3 is 9.47 Å². The Balaban J connectivity index is 1.94. The molecule has 1 unspecified atom stereocenters. The Morgan fingerprint density at radius 1 is 1.47 bits per heavy atom. The van der Waals surface area contributed by atoms with E-state index in [-0.39, 0.29) is 11.9 Å². The minimum absolute atomic E-state index is 0.0639. The summed E-state index contributed by atoms with van der Waals surface area (Å²) in [6.07, 6.45) is 3.66. The molecule has 0 amide bonds. The predicted octanol–water partition coefficient (Wildman–Crippen LogP) is 2.14.